The van der Waals surface area contributed by atoms with Crippen LogP contribution in [0.5, 0.6) is 23.0 Å². The van der Waals surface area contributed by atoms with Gasteiger partial charge in [-0.1, -0.05) is 18.2 Å². The van der Waals surface area contributed by atoms with Gasteiger partial charge in [-0.05, 0) is 60.7 Å². The Morgan fingerprint density at radius 1 is 0.710 bits per heavy atom. The average Bonchev–Trinajstić information content (AvgIpc) is 2.77. The van der Waals surface area contributed by atoms with Crippen molar-refractivity contribution in [3.05, 3.63) is 78.9 Å². The third-order valence-electron chi connectivity index (χ3n) is 3.93. The van der Waals surface area contributed by atoms with Crippen LogP contribution in [0.15, 0.2) is 83.8 Å². The molecule has 0 amide bonds. The van der Waals surface area contributed by atoms with Crippen LogP contribution in [-0.4, -0.2) is 34.2 Å². The Labute approximate surface area is 180 Å². The van der Waals surface area contributed by atoms with Crippen molar-refractivity contribution in [2.75, 3.05) is 19.8 Å². The zero-order valence-corrected chi connectivity index (χ0v) is 17.3. The predicted octanol–water partition coefficient (Wildman–Crippen LogP) is 3.13. The van der Waals surface area contributed by atoms with Crippen molar-refractivity contribution in [1.82, 2.24) is 0 Å². The molecule has 0 aliphatic heterocycles. The highest BCUT2D eigenvalue weighted by Crippen LogP contribution is 2.23. The van der Waals surface area contributed by atoms with Crippen molar-refractivity contribution in [3.63, 3.8) is 0 Å². The minimum absolute atomic E-state index is 0.0110. The molecule has 3 aromatic rings. The molecule has 162 valence electrons. The summed E-state index contributed by atoms with van der Waals surface area (Å²) < 4.78 is 43.9. The average molecular weight is 443 g/mol. The van der Waals surface area contributed by atoms with E-state index in [2.05, 4.69) is 0 Å². The van der Waals surface area contributed by atoms with E-state index in [1.807, 2.05) is 30.3 Å². The first-order chi connectivity index (χ1) is 14.9. The van der Waals surface area contributed by atoms with Gasteiger partial charge in [0, 0.05) is 0 Å². The van der Waals surface area contributed by atoms with Crippen molar-refractivity contribution in [2.45, 2.75) is 4.90 Å². The summed E-state index contributed by atoms with van der Waals surface area (Å²) >= 11 is 0. The standard InChI is InChI=1S/C22H21NO7S/c23-31(25,26)21-12-10-17(11-13-21)27-14-15-28-22(24)16-29-18-6-8-20(9-7-18)30-19-4-2-1-3-5-19/h1-13H,14-16H2,(H2,23,25,26). The highest BCUT2D eigenvalue weighted by atomic mass is 32.2. The molecule has 0 atom stereocenters. The molecule has 0 saturated heterocycles. The third kappa shape index (κ3) is 7.32. The molecule has 0 aliphatic carbocycles. The Morgan fingerprint density at radius 3 is 1.90 bits per heavy atom. The molecule has 0 aliphatic rings. The maximum absolute atomic E-state index is 11.8. The molecule has 9 heteroatoms. The van der Waals surface area contributed by atoms with Crippen LogP contribution in [0.3, 0.4) is 0 Å². The van der Waals surface area contributed by atoms with E-state index in [9.17, 15) is 13.2 Å². The van der Waals surface area contributed by atoms with Gasteiger partial charge in [0.15, 0.2) is 6.61 Å². The number of sulfonamides is 1. The molecule has 0 fully saturated rings. The van der Waals surface area contributed by atoms with Crippen LogP contribution in [0, 0.1) is 0 Å². The van der Waals surface area contributed by atoms with Crippen molar-refractivity contribution in [3.8, 4) is 23.0 Å². The molecule has 8 nitrogen and oxygen atoms in total. The number of primary sulfonamides is 1. The molecule has 0 spiro atoms. The van der Waals surface area contributed by atoms with Crippen LogP contribution in [-0.2, 0) is 19.6 Å². The third-order valence-corrected chi connectivity index (χ3v) is 4.86. The van der Waals surface area contributed by atoms with Crippen molar-refractivity contribution < 1.29 is 32.2 Å². The van der Waals surface area contributed by atoms with Crippen LogP contribution in [0.1, 0.15) is 0 Å². The summed E-state index contributed by atoms with van der Waals surface area (Å²) in [5, 5.41) is 5.03. The molecular weight excluding hydrogens is 422 g/mol. The van der Waals surface area contributed by atoms with E-state index in [1.165, 1.54) is 24.3 Å². The largest absolute Gasteiger partial charge is 0.490 e. The fraction of sp³-hybridized carbons (Fsp3) is 0.136. The summed E-state index contributed by atoms with van der Waals surface area (Å²) in [5.41, 5.74) is 0. The molecule has 0 heterocycles. The van der Waals surface area contributed by atoms with Crippen molar-refractivity contribution in [2.24, 2.45) is 5.14 Å². The van der Waals surface area contributed by atoms with Gasteiger partial charge in [-0.15, -0.1) is 0 Å². The number of rotatable bonds is 10. The second kappa shape index (κ2) is 10.5. The van der Waals surface area contributed by atoms with Crippen molar-refractivity contribution >= 4 is 16.0 Å². The maximum atomic E-state index is 11.8. The predicted molar refractivity (Wildman–Crippen MR) is 113 cm³/mol. The number of nitrogens with two attached hydrogens (primary N) is 1. The SMILES string of the molecule is NS(=O)(=O)c1ccc(OCCOC(=O)COc2ccc(Oc3ccccc3)cc2)cc1. The van der Waals surface area contributed by atoms with Gasteiger partial charge in [-0.2, -0.15) is 0 Å². The van der Waals surface area contributed by atoms with Gasteiger partial charge in [0.05, 0.1) is 4.90 Å². The van der Waals surface area contributed by atoms with Crippen LogP contribution < -0.4 is 19.3 Å². The first-order valence-corrected chi connectivity index (χ1v) is 10.8. The summed E-state index contributed by atoms with van der Waals surface area (Å²) in [7, 11) is -3.75. The number of hydrogen-bond donors (Lipinski definition) is 1. The molecule has 3 rings (SSSR count). The number of benzene rings is 3. The topological polar surface area (TPSA) is 114 Å². The first-order valence-electron chi connectivity index (χ1n) is 9.27. The van der Waals surface area contributed by atoms with Crippen LogP contribution >= 0.6 is 0 Å². The van der Waals surface area contributed by atoms with E-state index in [0.29, 0.717) is 17.2 Å². The fourth-order valence-electron chi connectivity index (χ4n) is 2.45. The van der Waals surface area contributed by atoms with Gasteiger partial charge in [0.1, 0.15) is 36.2 Å². The number of esters is 1. The molecule has 0 aromatic heterocycles. The molecule has 3 aromatic carbocycles. The molecule has 0 bridgehead atoms. The lowest BCUT2D eigenvalue weighted by Crippen LogP contribution is -2.18. The number of ether oxygens (including phenoxy) is 4. The quantitative estimate of drug-likeness (QED) is 0.378. The summed E-state index contributed by atoms with van der Waals surface area (Å²) in [6.45, 7) is -0.128. The lowest BCUT2D eigenvalue weighted by atomic mass is 10.3. The van der Waals surface area contributed by atoms with E-state index in [4.69, 9.17) is 24.1 Å². The lowest BCUT2D eigenvalue weighted by molar-refractivity contribution is -0.146. The highest BCUT2D eigenvalue weighted by molar-refractivity contribution is 7.89. The van der Waals surface area contributed by atoms with Crippen LogP contribution in [0.4, 0.5) is 0 Å². The van der Waals surface area contributed by atoms with E-state index in [1.54, 1.807) is 24.3 Å². The zero-order chi connectivity index (χ0) is 22.1. The second-order valence-corrected chi connectivity index (χ2v) is 7.82. The summed E-state index contributed by atoms with van der Waals surface area (Å²) in [5.74, 6) is 1.76. The Balaban J connectivity index is 1.34. The Bertz CT molecular complexity index is 1080. The summed E-state index contributed by atoms with van der Waals surface area (Å²) in [6, 6.07) is 21.8. The van der Waals surface area contributed by atoms with Gasteiger partial charge >= 0.3 is 5.97 Å². The fourth-order valence-corrected chi connectivity index (χ4v) is 2.97. The van der Waals surface area contributed by atoms with Gasteiger partial charge in [0.25, 0.3) is 0 Å². The molecule has 2 N–H and O–H groups in total. The van der Waals surface area contributed by atoms with E-state index < -0.39 is 16.0 Å². The zero-order valence-electron chi connectivity index (χ0n) is 16.5. The first kappa shape index (κ1) is 22.1. The molecule has 0 saturated carbocycles. The Kier molecular flexibility index (Phi) is 7.47. The summed E-state index contributed by atoms with van der Waals surface area (Å²) in [6.07, 6.45) is 0. The smallest absolute Gasteiger partial charge is 0.344 e. The van der Waals surface area contributed by atoms with Crippen molar-refractivity contribution in [1.29, 1.82) is 0 Å². The van der Waals surface area contributed by atoms with E-state index in [0.717, 1.165) is 5.75 Å². The lowest BCUT2D eigenvalue weighted by Gasteiger charge is -2.09. The Hall–Kier alpha value is -3.56. The van der Waals surface area contributed by atoms with Gasteiger partial charge < -0.3 is 18.9 Å². The molecular formula is C22H21NO7S. The monoisotopic (exact) mass is 443 g/mol. The van der Waals surface area contributed by atoms with Gasteiger partial charge in [-0.3, -0.25) is 0 Å². The van der Waals surface area contributed by atoms with Gasteiger partial charge in [0.2, 0.25) is 10.0 Å². The van der Waals surface area contributed by atoms with Gasteiger partial charge in [-0.25, -0.2) is 18.4 Å². The summed E-state index contributed by atoms with van der Waals surface area (Å²) in [4.78, 5) is 11.8. The molecule has 0 radical (unpaired) electrons. The maximum Gasteiger partial charge on any atom is 0.344 e. The van der Waals surface area contributed by atoms with Crippen LogP contribution in [0.25, 0.3) is 0 Å². The minimum Gasteiger partial charge on any atom is -0.490 e. The van der Waals surface area contributed by atoms with Crippen LogP contribution in [0.2, 0.25) is 0 Å². The number of carbonyl (C=O) groups excluding carboxylic acids is 1. The Morgan fingerprint density at radius 2 is 1.26 bits per heavy atom. The second-order valence-electron chi connectivity index (χ2n) is 6.26. The van der Waals surface area contributed by atoms with E-state index >= 15 is 0 Å². The minimum atomic E-state index is -3.75. The number of para-hydroxylation sites is 1. The normalized spacial score (nSPS) is 10.9. The van der Waals surface area contributed by atoms with E-state index in [-0.39, 0.29) is 24.7 Å². The molecule has 31 heavy (non-hydrogen) atoms. The number of hydrogen-bond acceptors (Lipinski definition) is 7. The molecule has 0 unspecified atom stereocenters. The highest BCUT2D eigenvalue weighted by Gasteiger charge is 2.08. The number of carbonyl (C=O) groups is 1.